The maximum absolute atomic E-state index is 11.9. The molecule has 1 unspecified atom stereocenters. The van der Waals surface area contributed by atoms with Crippen molar-refractivity contribution in [2.45, 2.75) is 26.4 Å². The monoisotopic (exact) mass is 301 g/mol. The second kappa shape index (κ2) is 7.45. The minimum Gasteiger partial charge on any atom is -0.454 e. The summed E-state index contributed by atoms with van der Waals surface area (Å²) in [6.45, 7) is 3.76. The molecule has 5 heteroatoms. The Kier molecular flexibility index (Phi) is 5.36. The normalized spacial score (nSPS) is 11.7. The van der Waals surface area contributed by atoms with Crippen LogP contribution >= 0.6 is 0 Å². The van der Waals surface area contributed by atoms with Crippen molar-refractivity contribution in [1.82, 2.24) is 5.32 Å². The van der Waals surface area contributed by atoms with E-state index in [2.05, 4.69) is 5.32 Å². The summed E-state index contributed by atoms with van der Waals surface area (Å²) in [6.07, 6.45) is -0.140. The zero-order valence-corrected chi connectivity index (χ0v) is 12.7. The molecule has 2 rings (SSSR count). The van der Waals surface area contributed by atoms with Gasteiger partial charge in [-0.15, -0.1) is 0 Å². The topological polar surface area (TPSA) is 68.5 Å². The van der Waals surface area contributed by atoms with E-state index in [0.717, 1.165) is 12.0 Å². The summed E-state index contributed by atoms with van der Waals surface area (Å²) < 4.78 is 10.2. The number of rotatable bonds is 6. The number of hydrogen-bond donors (Lipinski definition) is 1. The maximum Gasteiger partial charge on any atom is 0.375 e. The van der Waals surface area contributed by atoms with E-state index in [9.17, 15) is 9.59 Å². The van der Waals surface area contributed by atoms with Crippen molar-refractivity contribution >= 4 is 11.9 Å². The van der Waals surface area contributed by atoms with Gasteiger partial charge in [-0.3, -0.25) is 4.79 Å². The van der Waals surface area contributed by atoms with Gasteiger partial charge in [-0.25, -0.2) is 4.79 Å². The van der Waals surface area contributed by atoms with E-state index in [1.807, 2.05) is 30.3 Å². The Morgan fingerprint density at radius 3 is 2.55 bits per heavy atom. The Bertz CT molecular complexity index is 633. The fraction of sp³-hybridized carbons (Fsp3) is 0.294. The Hall–Kier alpha value is -2.56. The summed E-state index contributed by atoms with van der Waals surface area (Å²) in [5.41, 5.74) is 1.14. The number of hydrogen-bond acceptors (Lipinski definition) is 4. The van der Waals surface area contributed by atoms with Gasteiger partial charge in [-0.2, -0.15) is 0 Å². The van der Waals surface area contributed by atoms with Crippen molar-refractivity contribution in [1.29, 1.82) is 0 Å². The molecule has 1 aromatic heterocycles. The molecule has 0 bridgehead atoms. The van der Waals surface area contributed by atoms with E-state index < -0.39 is 12.1 Å². The molecule has 1 heterocycles. The minimum atomic E-state index is -0.867. The molecule has 0 saturated carbocycles. The van der Waals surface area contributed by atoms with Gasteiger partial charge >= 0.3 is 5.97 Å². The van der Waals surface area contributed by atoms with Crippen LogP contribution in [0.3, 0.4) is 0 Å². The Labute approximate surface area is 129 Å². The van der Waals surface area contributed by atoms with Gasteiger partial charge in [0, 0.05) is 6.54 Å². The Morgan fingerprint density at radius 2 is 1.91 bits per heavy atom. The van der Waals surface area contributed by atoms with Gasteiger partial charge in [0.05, 0.1) is 0 Å². The van der Waals surface area contributed by atoms with E-state index in [0.29, 0.717) is 12.3 Å². The average molecular weight is 301 g/mol. The molecule has 116 valence electrons. The number of amides is 1. The third-order valence-electron chi connectivity index (χ3n) is 3.15. The summed E-state index contributed by atoms with van der Waals surface area (Å²) in [5.74, 6) is -0.250. The van der Waals surface area contributed by atoms with Crippen LogP contribution in [0.25, 0.3) is 0 Å². The van der Waals surface area contributed by atoms with E-state index in [-0.39, 0.29) is 11.7 Å². The molecule has 1 atom stereocenters. The number of esters is 1. The molecular weight excluding hydrogens is 282 g/mol. The summed E-state index contributed by atoms with van der Waals surface area (Å²) in [4.78, 5) is 23.7. The van der Waals surface area contributed by atoms with Crippen molar-refractivity contribution in [3.63, 3.8) is 0 Å². The van der Waals surface area contributed by atoms with E-state index >= 15 is 0 Å². The van der Waals surface area contributed by atoms with Crippen molar-refractivity contribution < 1.29 is 18.7 Å². The molecule has 1 aromatic carbocycles. The van der Waals surface area contributed by atoms with Crippen LogP contribution in [0.4, 0.5) is 0 Å². The first-order valence-electron chi connectivity index (χ1n) is 7.15. The summed E-state index contributed by atoms with van der Waals surface area (Å²) in [7, 11) is 0. The molecule has 0 fully saturated rings. The van der Waals surface area contributed by atoms with E-state index in [1.54, 1.807) is 13.0 Å². The fourth-order valence-electron chi connectivity index (χ4n) is 1.93. The van der Waals surface area contributed by atoms with Gasteiger partial charge in [0.1, 0.15) is 5.76 Å². The molecule has 0 aliphatic rings. The quantitative estimate of drug-likeness (QED) is 0.832. The second-order valence-electron chi connectivity index (χ2n) is 4.98. The van der Waals surface area contributed by atoms with Crippen LogP contribution in [-0.2, 0) is 16.0 Å². The lowest BCUT2D eigenvalue weighted by atomic mass is 10.1. The Balaban J connectivity index is 1.76. The van der Waals surface area contributed by atoms with Gasteiger partial charge in [-0.05, 0) is 38.0 Å². The highest BCUT2D eigenvalue weighted by molar-refractivity contribution is 5.90. The third-order valence-corrected chi connectivity index (χ3v) is 3.15. The highest BCUT2D eigenvalue weighted by Gasteiger charge is 2.20. The maximum atomic E-state index is 11.9. The number of carbonyl (C=O) groups is 2. The van der Waals surface area contributed by atoms with Crippen molar-refractivity contribution in [3.05, 3.63) is 59.5 Å². The van der Waals surface area contributed by atoms with Gasteiger partial charge < -0.3 is 14.5 Å². The number of ether oxygens (including phenoxy) is 1. The summed E-state index contributed by atoms with van der Waals surface area (Å²) in [5, 5.41) is 2.75. The third kappa shape index (κ3) is 4.48. The number of aryl methyl sites for hydroxylation is 1. The first kappa shape index (κ1) is 15.8. The van der Waals surface area contributed by atoms with Crippen LogP contribution in [0.1, 0.15) is 28.8 Å². The highest BCUT2D eigenvalue weighted by atomic mass is 16.6. The van der Waals surface area contributed by atoms with Crippen LogP contribution < -0.4 is 5.32 Å². The van der Waals surface area contributed by atoms with Crippen LogP contribution in [0.2, 0.25) is 0 Å². The number of nitrogens with one attached hydrogen (secondary N) is 1. The van der Waals surface area contributed by atoms with Crippen LogP contribution in [0.5, 0.6) is 0 Å². The summed E-state index contributed by atoms with van der Waals surface area (Å²) in [6, 6.07) is 13.0. The van der Waals surface area contributed by atoms with E-state index in [1.165, 1.54) is 13.0 Å². The number of furan rings is 1. The average Bonchev–Trinajstić information content (AvgIpc) is 2.95. The smallest absolute Gasteiger partial charge is 0.375 e. The predicted molar refractivity (Wildman–Crippen MR) is 81.5 cm³/mol. The summed E-state index contributed by atoms with van der Waals surface area (Å²) >= 11 is 0. The van der Waals surface area contributed by atoms with Gasteiger partial charge in [0.25, 0.3) is 5.91 Å². The van der Waals surface area contributed by atoms with E-state index in [4.69, 9.17) is 9.15 Å². The van der Waals surface area contributed by atoms with Gasteiger partial charge in [-0.1, -0.05) is 30.3 Å². The lowest BCUT2D eigenvalue weighted by Crippen LogP contribution is -2.36. The lowest BCUT2D eigenvalue weighted by molar-refractivity contribution is -0.129. The standard InChI is InChI=1S/C17H19NO4/c1-12-8-9-15(21-12)17(20)22-13(2)16(19)18-11-10-14-6-4-3-5-7-14/h3-9,13H,10-11H2,1-2H3,(H,18,19). The molecule has 2 aromatic rings. The first-order valence-corrected chi connectivity index (χ1v) is 7.15. The fourth-order valence-corrected chi connectivity index (χ4v) is 1.93. The van der Waals surface area contributed by atoms with Gasteiger partial charge in [0.15, 0.2) is 6.10 Å². The zero-order valence-electron chi connectivity index (χ0n) is 12.7. The molecule has 0 aliphatic carbocycles. The molecule has 1 N–H and O–H groups in total. The largest absolute Gasteiger partial charge is 0.454 e. The van der Waals surface area contributed by atoms with Gasteiger partial charge in [0.2, 0.25) is 5.76 Å². The van der Waals surface area contributed by atoms with Crippen molar-refractivity contribution in [3.8, 4) is 0 Å². The SMILES string of the molecule is Cc1ccc(C(=O)OC(C)C(=O)NCCc2ccccc2)o1. The number of carbonyl (C=O) groups excluding carboxylic acids is 2. The molecular formula is C17H19NO4. The Morgan fingerprint density at radius 1 is 1.18 bits per heavy atom. The molecule has 0 spiro atoms. The molecule has 0 radical (unpaired) electrons. The molecule has 0 aliphatic heterocycles. The molecule has 0 saturated heterocycles. The molecule has 1 amide bonds. The van der Waals surface area contributed by atoms with Crippen molar-refractivity contribution in [2.24, 2.45) is 0 Å². The highest BCUT2D eigenvalue weighted by Crippen LogP contribution is 2.09. The molecule has 5 nitrogen and oxygen atoms in total. The lowest BCUT2D eigenvalue weighted by Gasteiger charge is -2.12. The second-order valence-corrected chi connectivity index (χ2v) is 4.98. The minimum absolute atomic E-state index is 0.0986. The van der Waals surface area contributed by atoms with Crippen LogP contribution in [0.15, 0.2) is 46.9 Å². The number of benzene rings is 1. The molecule has 22 heavy (non-hydrogen) atoms. The van der Waals surface area contributed by atoms with Crippen LogP contribution in [-0.4, -0.2) is 24.5 Å². The predicted octanol–water partition coefficient (Wildman–Crippen LogP) is 2.49. The zero-order chi connectivity index (χ0) is 15.9. The van der Waals surface area contributed by atoms with Crippen LogP contribution in [0, 0.1) is 6.92 Å². The van der Waals surface area contributed by atoms with Crippen molar-refractivity contribution in [2.75, 3.05) is 6.54 Å². The first-order chi connectivity index (χ1) is 10.6.